The van der Waals surface area contributed by atoms with Crippen LogP contribution in [0.25, 0.3) is 0 Å². The van der Waals surface area contributed by atoms with Crippen LogP contribution in [0.1, 0.15) is 30.7 Å². The summed E-state index contributed by atoms with van der Waals surface area (Å²) < 4.78 is 5.03. The number of methoxy groups -OCH3 is 1. The number of non-ortho nitro benzene ring substituents is 1. The number of esters is 1. The highest BCUT2D eigenvalue weighted by Gasteiger charge is 2.49. The van der Waals surface area contributed by atoms with E-state index in [0.29, 0.717) is 6.04 Å². The second-order valence-corrected chi connectivity index (χ2v) is 6.20. The number of carbonyl (C=O) groups excluding carboxylic acids is 1. The Kier molecular flexibility index (Phi) is 3.87. The molecule has 118 valence electrons. The Morgan fingerprint density at radius 2 is 2.00 bits per heavy atom. The van der Waals surface area contributed by atoms with Gasteiger partial charge in [-0.15, -0.1) is 0 Å². The van der Waals surface area contributed by atoms with Crippen molar-refractivity contribution >= 4 is 11.7 Å². The number of nitrogens with zero attached hydrogens (tertiary/aromatic N) is 2. The van der Waals surface area contributed by atoms with E-state index in [0.717, 1.165) is 24.8 Å². The monoisotopic (exact) mass is 304 g/mol. The zero-order valence-corrected chi connectivity index (χ0v) is 12.8. The fraction of sp³-hybridized carbons (Fsp3) is 0.562. The first-order valence-electron chi connectivity index (χ1n) is 7.57. The van der Waals surface area contributed by atoms with Crippen LogP contribution in [-0.4, -0.2) is 42.0 Å². The number of fused-ring (bicyclic) bond motifs is 2. The van der Waals surface area contributed by atoms with Crippen molar-refractivity contribution in [1.29, 1.82) is 0 Å². The fourth-order valence-corrected chi connectivity index (χ4v) is 4.11. The van der Waals surface area contributed by atoms with Gasteiger partial charge in [-0.1, -0.05) is 12.1 Å². The Morgan fingerprint density at radius 3 is 2.59 bits per heavy atom. The van der Waals surface area contributed by atoms with Crippen LogP contribution in [-0.2, 0) is 9.53 Å². The number of benzene rings is 1. The van der Waals surface area contributed by atoms with E-state index in [9.17, 15) is 14.9 Å². The summed E-state index contributed by atoms with van der Waals surface area (Å²) in [7, 11) is 3.50. The topological polar surface area (TPSA) is 72.7 Å². The second-order valence-electron chi connectivity index (χ2n) is 6.20. The summed E-state index contributed by atoms with van der Waals surface area (Å²) in [5.41, 5.74) is 1.07. The van der Waals surface area contributed by atoms with Crippen LogP contribution in [0, 0.1) is 16.0 Å². The molecule has 2 aliphatic heterocycles. The van der Waals surface area contributed by atoms with E-state index < -0.39 is 4.92 Å². The molecule has 6 heteroatoms. The van der Waals surface area contributed by atoms with Gasteiger partial charge in [-0.25, -0.2) is 0 Å². The van der Waals surface area contributed by atoms with E-state index >= 15 is 0 Å². The molecule has 3 rings (SSSR count). The van der Waals surface area contributed by atoms with Crippen molar-refractivity contribution < 1.29 is 14.5 Å². The summed E-state index contributed by atoms with van der Waals surface area (Å²) in [4.78, 5) is 25.0. The summed E-state index contributed by atoms with van der Waals surface area (Å²) in [6.07, 6.45) is 2.99. The van der Waals surface area contributed by atoms with Crippen LogP contribution in [0.15, 0.2) is 24.3 Å². The van der Waals surface area contributed by atoms with Gasteiger partial charge >= 0.3 is 5.97 Å². The van der Waals surface area contributed by atoms with Crippen molar-refractivity contribution in [3.05, 3.63) is 39.9 Å². The molecule has 1 aromatic carbocycles. The lowest BCUT2D eigenvalue weighted by atomic mass is 9.76. The molecule has 2 fully saturated rings. The largest absolute Gasteiger partial charge is 0.469 e. The van der Waals surface area contributed by atoms with Crippen LogP contribution in [0.3, 0.4) is 0 Å². The number of hydrogen-bond donors (Lipinski definition) is 0. The van der Waals surface area contributed by atoms with Gasteiger partial charge in [-0.3, -0.25) is 19.8 Å². The predicted molar refractivity (Wildman–Crippen MR) is 80.5 cm³/mol. The molecule has 3 unspecified atom stereocenters. The van der Waals surface area contributed by atoms with Crippen LogP contribution in [0.2, 0.25) is 0 Å². The number of piperidine rings is 1. The van der Waals surface area contributed by atoms with E-state index in [-0.39, 0.29) is 29.5 Å². The third-order valence-corrected chi connectivity index (χ3v) is 5.27. The van der Waals surface area contributed by atoms with E-state index in [1.54, 1.807) is 12.1 Å². The lowest BCUT2D eigenvalue weighted by Crippen LogP contribution is -2.49. The standard InChI is InChI=1S/C16H20N2O4/c1-17-12-7-8-14(17)15(16(19)22-2)13(9-12)10-3-5-11(6-4-10)18(20)21/h3-6,12-15H,7-9H2,1-2H3/t12?,13-,14?,15?/m1/s1. The number of nitro benzene ring substituents is 1. The van der Waals surface area contributed by atoms with Crippen molar-refractivity contribution in [3.8, 4) is 0 Å². The second kappa shape index (κ2) is 5.68. The van der Waals surface area contributed by atoms with E-state index in [1.807, 2.05) is 0 Å². The lowest BCUT2D eigenvalue weighted by Gasteiger charge is -2.41. The molecular weight excluding hydrogens is 284 g/mol. The maximum atomic E-state index is 12.3. The quantitative estimate of drug-likeness (QED) is 0.487. The van der Waals surface area contributed by atoms with Gasteiger partial charge in [0.2, 0.25) is 0 Å². The zero-order chi connectivity index (χ0) is 15.9. The van der Waals surface area contributed by atoms with Crippen molar-refractivity contribution in [2.45, 2.75) is 37.3 Å². The molecule has 6 nitrogen and oxygen atoms in total. The molecule has 0 amide bonds. The highest BCUT2D eigenvalue weighted by atomic mass is 16.6. The Morgan fingerprint density at radius 1 is 1.32 bits per heavy atom. The molecule has 0 N–H and O–H groups in total. The fourth-order valence-electron chi connectivity index (χ4n) is 4.11. The molecule has 0 aromatic heterocycles. The van der Waals surface area contributed by atoms with Crippen LogP contribution in [0.5, 0.6) is 0 Å². The predicted octanol–water partition coefficient (Wildman–Crippen LogP) is 2.33. The third kappa shape index (κ3) is 2.37. The first-order chi connectivity index (χ1) is 10.5. The summed E-state index contributed by atoms with van der Waals surface area (Å²) in [5.74, 6) is -0.308. The van der Waals surface area contributed by atoms with E-state index in [2.05, 4.69) is 11.9 Å². The van der Waals surface area contributed by atoms with Gasteiger partial charge < -0.3 is 4.74 Å². The maximum Gasteiger partial charge on any atom is 0.310 e. The SMILES string of the molecule is COC(=O)C1C2CCC(C[C@@H]1c1ccc([N+](=O)[O-])cc1)N2C. The van der Waals surface area contributed by atoms with Crippen LogP contribution >= 0.6 is 0 Å². The molecule has 2 heterocycles. The molecule has 1 aromatic rings. The Bertz CT molecular complexity index is 586. The van der Waals surface area contributed by atoms with Gasteiger partial charge in [0.1, 0.15) is 0 Å². The number of ether oxygens (including phenoxy) is 1. The molecule has 22 heavy (non-hydrogen) atoms. The summed E-state index contributed by atoms with van der Waals surface area (Å²) >= 11 is 0. The average Bonchev–Trinajstić information content (AvgIpc) is 2.76. The van der Waals surface area contributed by atoms with Crippen LogP contribution in [0.4, 0.5) is 5.69 Å². The number of nitro groups is 1. The summed E-state index contributed by atoms with van der Waals surface area (Å²) in [6, 6.07) is 7.28. The van der Waals surface area contributed by atoms with Crippen molar-refractivity contribution in [2.75, 3.05) is 14.2 Å². The maximum absolute atomic E-state index is 12.3. The van der Waals surface area contributed by atoms with Gasteiger partial charge in [-0.2, -0.15) is 0 Å². The summed E-state index contributed by atoms with van der Waals surface area (Å²) in [6.45, 7) is 0. The minimum atomic E-state index is -0.403. The minimum absolute atomic E-state index is 0.0713. The van der Waals surface area contributed by atoms with Crippen molar-refractivity contribution in [1.82, 2.24) is 4.90 Å². The molecular formula is C16H20N2O4. The zero-order valence-electron chi connectivity index (χ0n) is 12.8. The Balaban J connectivity index is 1.93. The van der Waals surface area contributed by atoms with Crippen molar-refractivity contribution in [2.24, 2.45) is 5.92 Å². The van der Waals surface area contributed by atoms with Gasteiger partial charge in [0, 0.05) is 30.1 Å². The first kappa shape index (κ1) is 15.0. The molecule has 2 aliphatic rings. The summed E-state index contributed by atoms with van der Waals surface area (Å²) in [5, 5.41) is 10.8. The first-order valence-corrected chi connectivity index (χ1v) is 7.57. The van der Waals surface area contributed by atoms with E-state index in [4.69, 9.17) is 4.74 Å². The molecule has 4 atom stereocenters. The third-order valence-electron chi connectivity index (χ3n) is 5.27. The normalized spacial score (nSPS) is 31.0. The highest BCUT2D eigenvalue weighted by molar-refractivity contribution is 5.75. The van der Waals surface area contributed by atoms with Gasteiger partial charge in [0.25, 0.3) is 5.69 Å². The Hall–Kier alpha value is -1.95. The number of carbonyl (C=O) groups is 1. The molecule has 0 saturated carbocycles. The van der Waals surface area contributed by atoms with E-state index in [1.165, 1.54) is 19.2 Å². The van der Waals surface area contributed by atoms with Gasteiger partial charge in [-0.05, 0) is 31.9 Å². The lowest BCUT2D eigenvalue weighted by molar-refractivity contribution is -0.384. The molecule has 2 bridgehead atoms. The van der Waals surface area contributed by atoms with Gasteiger partial charge in [0.15, 0.2) is 0 Å². The number of hydrogen-bond acceptors (Lipinski definition) is 5. The molecule has 2 saturated heterocycles. The molecule has 0 spiro atoms. The Labute approximate surface area is 129 Å². The molecule has 0 radical (unpaired) electrons. The highest BCUT2D eigenvalue weighted by Crippen LogP contribution is 2.46. The minimum Gasteiger partial charge on any atom is -0.469 e. The smallest absolute Gasteiger partial charge is 0.310 e. The average molecular weight is 304 g/mol. The van der Waals surface area contributed by atoms with Gasteiger partial charge in [0.05, 0.1) is 18.0 Å². The molecule has 0 aliphatic carbocycles. The van der Waals surface area contributed by atoms with Crippen molar-refractivity contribution in [3.63, 3.8) is 0 Å². The number of rotatable bonds is 3. The van der Waals surface area contributed by atoms with Crippen LogP contribution < -0.4 is 0 Å².